The van der Waals surface area contributed by atoms with Crippen LogP contribution in [-0.2, 0) is 9.53 Å². The fourth-order valence-electron chi connectivity index (χ4n) is 1.84. The van der Waals surface area contributed by atoms with Crippen molar-refractivity contribution in [3.63, 3.8) is 0 Å². The molecule has 0 radical (unpaired) electrons. The molecule has 6 nitrogen and oxygen atoms in total. The SMILES string of the molecule is CCCOCCC(=O)Nc1cc2c(cc1N)OCCO2. The van der Waals surface area contributed by atoms with Gasteiger partial charge in [0.2, 0.25) is 5.91 Å². The van der Waals surface area contributed by atoms with Crippen molar-refractivity contribution in [1.29, 1.82) is 0 Å². The van der Waals surface area contributed by atoms with Crippen LogP contribution < -0.4 is 20.5 Å². The first-order chi connectivity index (χ1) is 9.70. The molecule has 110 valence electrons. The zero-order valence-electron chi connectivity index (χ0n) is 11.6. The van der Waals surface area contributed by atoms with E-state index < -0.39 is 0 Å². The molecule has 0 unspecified atom stereocenters. The van der Waals surface area contributed by atoms with Gasteiger partial charge in [0, 0.05) is 18.7 Å². The standard InChI is InChI=1S/C14H20N2O4/c1-2-4-18-5-3-14(17)16-11-9-13-12(8-10(11)15)19-6-7-20-13/h8-9H,2-7,15H2,1H3,(H,16,17). The van der Waals surface area contributed by atoms with Crippen LogP contribution in [0, 0.1) is 0 Å². The summed E-state index contributed by atoms with van der Waals surface area (Å²) in [7, 11) is 0. The highest BCUT2D eigenvalue weighted by molar-refractivity contribution is 5.94. The molecule has 0 atom stereocenters. The minimum absolute atomic E-state index is 0.135. The molecular weight excluding hydrogens is 260 g/mol. The van der Waals surface area contributed by atoms with Crippen LogP contribution in [0.5, 0.6) is 11.5 Å². The van der Waals surface area contributed by atoms with Gasteiger partial charge in [-0.2, -0.15) is 0 Å². The summed E-state index contributed by atoms with van der Waals surface area (Å²) in [5, 5.41) is 2.76. The Hall–Kier alpha value is -1.95. The lowest BCUT2D eigenvalue weighted by molar-refractivity contribution is -0.117. The minimum Gasteiger partial charge on any atom is -0.486 e. The number of amides is 1. The molecule has 1 amide bonds. The first kappa shape index (κ1) is 14.5. The predicted octanol–water partition coefficient (Wildman–Crippen LogP) is 1.80. The van der Waals surface area contributed by atoms with Gasteiger partial charge in [-0.05, 0) is 6.42 Å². The van der Waals surface area contributed by atoms with Crippen LogP contribution in [-0.4, -0.2) is 32.3 Å². The van der Waals surface area contributed by atoms with Crippen LogP contribution in [0.25, 0.3) is 0 Å². The number of nitrogens with one attached hydrogen (secondary N) is 1. The monoisotopic (exact) mass is 280 g/mol. The first-order valence-electron chi connectivity index (χ1n) is 6.77. The molecule has 0 saturated carbocycles. The van der Waals surface area contributed by atoms with E-state index >= 15 is 0 Å². The van der Waals surface area contributed by atoms with Crippen molar-refractivity contribution >= 4 is 17.3 Å². The number of carbonyl (C=O) groups excluding carboxylic acids is 1. The van der Waals surface area contributed by atoms with E-state index in [1.807, 2.05) is 6.92 Å². The molecule has 0 aromatic heterocycles. The van der Waals surface area contributed by atoms with E-state index in [2.05, 4.69) is 5.32 Å². The first-order valence-corrected chi connectivity index (χ1v) is 6.77. The molecule has 0 spiro atoms. The molecule has 1 aromatic carbocycles. The smallest absolute Gasteiger partial charge is 0.226 e. The van der Waals surface area contributed by atoms with Crippen molar-refractivity contribution in [1.82, 2.24) is 0 Å². The number of fused-ring (bicyclic) bond motifs is 1. The van der Waals surface area contributed by atoms with Crippen LogP contribution in [0.3, 0.4) is 0 Å². The average molecular weight is 280 g/mol. The van der Waals surface area contributed by atoms with Crippen LogP contribution in [0.15, 0.2) is 12.1 Å². The third kappa shape index (κ3) is 3.77. The number of hydrogen-bond donors (Lipinski definition) is 2. The second kappa shape index (κ2) is 7.00. The third-order valence-electron chi connectivity index (χ3n) is 2.81. The average Bonchev–Trinajstić information content (AvgIpc) is 2.44. The van der Waals surface area contributed by atoms with Crippen molar-refractivity contribution in [2.45, 2.75) is 19.8 Å². The highest BCUT2D eigenvalue weighted by Crippen LogP contribution is 2.36. The van der Waals surface area contributed by atoms with E-state index in [-0.39, 0.29) is 5.91 Å². The van der Waals surface area contributed by atoms with E-state index in [0.29, 0.717) is 55.7 Å². The van der Waals surface area contributed by atoms with Gasteiger partial charge in [0.05, 0.1) is 24.4 Å². The van der Waals surface area contributed by atoms with E-state index in [1.165, 1.54) is 0 Å². The van der Waals surface area contributed by atoms with Gasteiger partial charge in [-0.3, -0.25) is 4.79 Å². The number of nitrogens with two attached hydrogens (primary N) is 1. The lowest BCUT2D eigenvalue weighted by Gasteiger charge is -2.20. The number of carbonyl (C=O) groups is 1. The quantitative estimate of drug-likeness (QED) is 0.613. The Morgan fingerprint density at radius 2 is 2.00 bits per heavy atom. The predicted molar refractivity (Wildman–Crippen MR) is 76.2 cm³/mol. The Labute approximate surface area is 118 Å². The van der Waals surface area contributed by atoms with Gasteiger partial charge >= 0.3 is 0 Å². The number of anilines is 2. The molecule has 1 aliphatic rings. The van der Waals surface area contributed by atoms with Crippen molar-refractivity contribution < 1.29 is 19.0 Å². The second-order valence-corrected chi connectivity index (χ2v) is 4.49. The van der Waals surface area contributed by atoms with Crippen LogP contribution >= 0.6 is 0 Å². The minimum atomic E-state index is -0.135. The van der Waals surface area contributed by atoms with E-state index in [9.17, 15) is 4.79 Å². The summed E-state index contributed by atoms with van der Waals surface area (Å²) in [6.07, 6.45) is 1.24. The van der Waals surface area contributed by atoms with Gasteiger partial charge in [0.15, 0.2) is 11.5 Å². The molecule has 0 aliphatic carbocycles. The molecule has 6 heteroatoms. The Kier molecular flexibility index (Phi) is 5.06. The van der Waals surface area contributed by atoms with Gasteiger partial charge < -0.3 is 25.3 Å². The van der Waals surface area contributed by atoms with E-state index in [1.54, 1.807) is 12.1 Å². The summed E-state index contributed by atoms with van der Waals surface area (Å²) in [5.41, 5.74) is 6.88. The van der Waals surface area contributed by atoms with Gasteiger partial charge in [0.1, 0.15) is 13.2 Å². The summed E-state index contributed by atoms with van der Waals surface area (Å²) >= 11 is 0. The van der Waals surface area contributed by atoms with Crippen molar-refractivity contribution in [3.05, 3.63) is 12.1 Å². The Morgan fingerprint density at radius 1 is 1.30 bits per heavy atom. The maximum Gasteiger partial charge on any atom is 0.226 e. The number of rotatable bonds is 6. The maximum absolute atomic E-state index is 11.8. The summed E-state index contributed by atoms with van der Waals surface area (Å²) < 4.78 is 16.2. The summed E-state index contributed by atoms with van der Waals surface area (Å²) in [5.74, 6) is 1.07. The lowest BCUT2D eigenvalue weighted by Crippen LogP contribution is -2.18. The number of benzene rings is 1. The Morgan fingerprint density at radius 3 is 2.70 bits per heavy atom. The zero-order chi connectivity index (χ0) is 14.4. The molecule has 1 heterocycles. The number of ether oxygens (including phenoxy) is 3. The van der Waals surface area contributed by atoms with Gasteiger partial charge in [-0.25, -0.2) is 0 Å². The van der Waals surface area contributed by atoms with E-state index in [0.717, 1.165) is 6.42 Å². The van der Waals surface area contributed by atoms with Crippen molar-refractivity contribution in [3.8, 4) is 11.5 Å². The largest absolute Gasteiger partial charge is 0.486 e. The van der Waals surface area contributed by atoms with Crippen LogP contribution in [0.2, 0.25) is 0 Å². The second-order valence-electron chi connectivity index (χ2n) is 4.49. The van der Waals surface area contributed by atoms with Crippen LogP contribution in [0.4, 0.5) is 11.4 Å². The fraction of sp³-hybridized carbons (Fsp3) is 0.500. The molecule has 0 fully saturated rings. The zero-order valence-corrected chi connectivity index (χ0v) is 11.6. The summed E-state index contributed by atoms with van der Waals surface area (Å²) in [6, 6.07) is 3.35. The van der Waals surface area contributed by atoms with Crippen molar-refractivity contribution in [2.24, 2.45) is 0 Å². The number of nitrogen functional groups attached to an aromatic ring is 1. The van der Waals surface area contributed by atoms with E-state index in [4.69, 9.17) is 19.9 Å². The fourth-order valence-corrected chi connectivity index (χ4v) is 1.84. The molecular formula is C14H20N2O4. The topological polar surface area (TPSA) is 82.8 Å². The molecule has 2 rings (SSSR count). The molecule has 1 aromatic rings. The van der Waals surface area contributed by atoms with Gasteiger partial charge in [0.25, 0.3) is 0 Å². The van der Waals surface area contributed by atoms with Crippen molar-refractivity contribution in [2.75, 3.05) is 37.5 Å². The van der Waals surface area contributed by atoms with Gasteiger partial charge in [-0.15, -0.1) is 0 Å². The molecule has 3 N–H and O–H groups in total. The van der Waals surface area contributed by atoms with Crippen LogP contribution in [0.1, 0.15) is 19.8 Å². The Bertz CT molecular complexity index is 476. The normalized spacial score (nSPS) is 13.1. The highest BCUT2D eigenvalue weighted by Gasteiger charge is 2.15. The molecule has 0 bridgehead atoms. The summed E-state index contributed by atoms with van der Waals surface area (Å²) in [4.78, 5) is 11.8. The third-order valence-corrected chi connectivity index (χ3v) is 2.81. The maximum atomic E-state index is 11.8. The molecule has 20 heavy (non-hydrogen) atoms. The lowest BCUT2D eigenvalue weighted by atomic mass is 10.2. The number of hydrogen-bond acceptors (Lipinski definition) is 5. The van der Waals surface area contributed by atoms with Gasteiger partial charge in [-0.1, -0.05) is 6.92 Å². The highest BCUT2D eigenvalue weighted by atomic mass is 16.6. The Balaban J connectivity index is 1.93. The molecule has 1 aliphatic heterocycles. The molecule has 0 saturated heterocycles. The summed E-state index contributed by atoms with van der Waals surface area (Å²) in [6.45, 7) is 4.10.